The van der Waals surface area contributed by atoms with Crippen molar-refractivity contribution in [2.24, 2.45) is 5.73 Å². The zero-order valence-electron chi connectivity index (χ0n) is 8.13. The maximum atomic E-state index is 10.9. The smallest absolute Gasteiger partial charge is 0.248 e. The first kappa shape index (κ1) is 10.2. The quantitative estimate of drug-likeness (QED) is 0.735. The van der Waals surface area contributed by atoms with E-state index in [1.54, 1.807) is 18.2 Å². The van der Waals surface area contributed by atoms with Crippen molar-refractivity contribution in [1.29, 1.82) is 0 Å². The number of primary amides is 1. The summed E-state index contributed by atoms with van der Waals surface area (Å²) in [4.78, 5) is 21.7. The van der Waals surface area contributed by atoms with E-state index in [-0.39, 0.29) is 5.91 Å². The Bertz CT molecular complexity index is 386. The number of carbonyl (C=O) groups is 2. The van der Waals surface area contributed by atoms with Gasteiger partial charge in [0.25, 0.3) is 0 Å². The van der Waals surface area contributed by atoms with Gasteiger partial charge in [-0.2, -0.15) is 0 Å². The summed E-state index contributed by atoms with van der Waals surface area (Å²) in [6, 6.07) is 4.94. The Balaban J connectivity index is 3.08. The van der Waals surface area contributed by atoms with E-state index in [9.17, 15) is 9.59 Å². The third kappa shape index (κ3) is 2.32. The van der Waals surface area contributed by atoms with Crippen LogP contribution in [0.25, 0.3) is 0 Å². The second kappa shape index (κ2) is 3.91. The fourth-order valence-electron chi connectivity index (χ4n) is 1.10. The standard InChI is InChI=1S/C10H12N2O2/c1-6-3-4-8(10(11)14)5-9(6)12-7(2)13/h3-5H,1-2H3,(H2,11,14)(H,12,13). The molecule has 0 heterocycles. The van der Waals surface area contributed by atoms with E-state index in [1.165, 1.54) is 6.92 Å². The van der Waals surface area contributed by atoms with Crippen LogP contribution in [0, 0.1) is 6.92 Å². The summed E-state index contributed by atoms with van der Waals surface area (Å²) in [5.41, 5.74) is 7.01. The number of hydrogen-bond acceptors (Lipinski definition) is 2. The zero-order valence-corrected chi connectivity index (χ0v) is 8.13. The fourth-order valence-corrected chi connectivity index (χ4v) is 1.10. The molecule has 2 amide bonds. The summed E-state index contributed by atoms with van der Waals surface area (Å²) in [6.45, 7) is 3.26. The summed E-state index contributed by atoms with van der Waals surface area (Å²) in [7, 11) is 0. The number of anilines is 1. The van der Waals surface area contributed by atoms with Gasteiger partial charge in [-0.25, -0.2) is 0 Å². The predicted octanol–water partition coefficient (Wildman–Crippen LogP) is 1.05. The van der Waals surface area contributed by atoms with Crippen LogP contribution in [0.5, 0.6) is 0 Å². The topological polar surface area (TPSA) is 72.2 Å². The second-order valence-corrected chi connectivity index (χ2v) is 3.08. The fraction of sp³-hybridized carbons (Fsp3) is 0.200. The zero-order chi connectivity index (χ0) is 10.7. The van der Waals surface area contributed by atoms with Gasteiger partial charge in [0.1, 0.15) is 0 Å². The molecule has 0 atom stereocenters. The molecule has 4 nitrogen and oxygen atoms in total. The molecule has 4 heteroatoms. The molecule has 0 radical (unpaired) electrons. The van der Waals surface area contributed by atoms with E-state index in [4.69, 9.17) is 5.73 Å². The minimum atomic E-state index is -0.503. The van der Waals surface area contributed by atoms with Gasteiger partial charge in [-0.05, 0) is 24.6 Å². The summed E-state index contributed by atoms with van der Waals surface area (Å²) in [5.74, 6) is -0.675. The van der Waals surface area contributed by atoms with Crippen LogP contribution in [-0.2, 0) is 4.79 Å². The minimum Gasteiger partial charge on any atom is -0.366 e. The van der Waals surface area contributed by atoms with Crippen molar-refractivity contribution >= 4 is 17.5 Å². The molecule has 1 aromatic carbocycles. The molecule has 0 unspecified atom stereocenters. The molecule has 0 fully saturated rings. The largest absolute Gasteiger partial charge is 0.366 e. The van der Waals surface area contributed by atoms with Gasteiger partial charge in [0.05, 0.1) is 0 Å². The molecule has 0 aliphatic heterocycles. The van der Waals surface area contributed by atoms with Crippen molar-refractivity contribution in [3.63, 3.8) is 0 Å². The molecule has 0 aromatic heterocycles. The van der Waals surface area contributed by atoms with Gasteiger partial charge < -0.3 is 11.1 Å². The van der Waals surface area contributed by atoms with Crippen LogP contribution in [-0.4, -0.2) is 11.8 Å². The van der Waals surface area contributed by atoms with E-state index >= 15 is 0 Å². The lowest BCUT2D eigenvalue weighted by Gasteiger charge is -2.07. The molecule has 0 spiro atoms. The van der Waals surface area contributed by atoms with Gasteiger partial charge in [-0.1, -0.05) is 6.07 Å². The van der Waals surface area contributed by atoms with E-state index in [0.717, 1.165) is 5.56 Å². The van der Waals surface area contributed by atoms with Crippen molar-refractivity contribution in [3.05, 3.63) is 29.3 Å². The Labute approximate surface area is 82.1 Å². The first-order valence-electron chi connectivity index (χ1n) is 4.18. The SMILES string of the molecule is CC(=O)Nc1cc(C(N)=O)ccc1C. The molecular formula is C10H12N2O2. The number of amides is 2. The Morgan fingerprint density at radius 2 is 2.00 bits per heavy atom. The summed E-state index contributed by atoms with van der Waals surface area (Å²) in [5, 5.41) is 2.62. The average molecular weight is 192 g/mol. The summed E-state index contributed by atoms with van der Waals surface area (Å²) in [6.07, 6.45) is 0. The second-order valence-electron chi connectivity index (χ2n) is 3.08. The Morgan fingerprint density at radius 3 is 2.50 bits per heavy atom. The average Bonchev–Trinajstić information content (AvgIpc) is 2.07. The molecule has 0 bridgehead atoms. The van der Waals surface area contributed by atoms with Gasteiger partial charge in [-0.3, -0.25) is 9.59 Å². The number of aryl methyl sites for hydroxylation is 1. The third-order valence-corrected chi connectivity index (χ3v) is 1.83. The first-order chi connectivity index (χ1) is 6.50. The monoisotopic (exact) mass is 192 g/mol. The third-order valence-electron chi connectivity index (χ3n) is 1.83. The van der Waals surface area contributed by atoms with Crippen molar-refractivity contribution in [2.45, 2.75) is 13.8 Å². The number of carbonyl (C=O) groups excluding carboxylic acids is 2. The van der Waals surface area contributed by atoms with E-state index in [2.05, 4.69) is 5.32 Å². The van der Waals surface area contributed by atoms with Crippen LogP contribution in [0.1, 0.15) is 22.8 Å². The normalized spacial score (nSPS) is 9.57. The predicted molar refractivity (Wildman–Crippen MR) is 54.0 cm³/mol. The highest BCUT2D eigenvalue weighted by molar-refractivity contribution is 5.96. The molecule has 0 aliphatic rings. The van der Waals surface area contributed by atoms with Crippen LogP contribution in [0.4, 0.5) is 5.69 Å². The highest BCUT2D eigenvalue weighted by Crippen LogP contribution is 2.16. The maximum absolute atomic E-state index is 10.9. The van der Waals surface area contributed by atoms with Crippen LogP contribution in [0.2, 0.25) is 0 Å². The van der Waals surface area contributed by atoms with E-state index in [1.807, 2.05) is 6.92 Å². The molecule has 1 aromatic rings. The molecule has 14 heavy (non-hydrogen) atoms. The van der Waals surface area contributed by atoms with Gasteiger partial charge in [0, 0.05) is 18.2 Å². The Morgan fingerprint density at radius 1 is 1.36 bits per heavy atom. The van der Waals surface area contributed by atoms with E-state index in [0.29, 0.717) is 11.3 Å². The number of nitrogens with one attached hydrogen (secondary N) is 1. The summed E-state index contributed by atoms with van der Waals surface area (Å²) >= 11 is 0. The maximum Gasteiger partial charge on any atom is 0.248 e. The summed E-state index contributed by atoms with van der Waals surface area (Å²) < 4.78 is 0. The number of rotatable bonds is 2. The van der Waals surface area contributed by atoms with Crippen molar-refractivity contribution in [1.82, 2.24) is 0 Å². The highest BCUT2D eigenvalue weighted by Gasteiger charge is 2.05. The van der Waals surface area contributed by atoms with Gasteiger partial charge in [0.15, 0.2) is 0 Å². The molecule has 0 saturated carbocycles. The van der Waals surface area contributed by atoms with E-state index < -0.39 is 5.91 Å². The first-order valence-corrected chi connectivity index (χ1v) is 4.18. The molecule has 74 valence electrons. The van der Waals surface area contributed by atoms with Crippen LogP contribution < -0.4 is 11.1 Å². The van der Waals surface area contributed by atoms with Gasteiger partial charge >= 0.3 is 0 Å². The number of benzene rings is 1. The Kier molecular flexibility index (Phi) is 2.86. The molecule has 1 rings (SSSR count). The highest BCUT2D eigenvalue weighted by atomic mass is 16.1. The van der Waals surface area contributed by atoms with Crippen LogP contribution in [0.15, 0.2) is 18.2 Å². The van der Waals surface area contributed by atoms with Crippen LogP contribution >= 0.6 is 0 Å². The minimum absolute atomic E-state index is 0.172. The van der Waals surface area contributed by atoms with Gasteiger partial charge in [0.2, 0.25) is 11.8 Å². The van der Waals surface area contributed by atoms with Crippen molar-refractivity contribution in [3.8, 4) is 0 Å². The number of hydrogen-bond donors (Lipinski definition) is 2. The molecule has 3 N–H and O–H groups in total. The lowest BCUT2D eigenvalue weighted by atomic mass is 10.1. The molecular weight excluding hydrogens is 180 g/mol. The molecule has 0 saturated heterocycles. The lowest BCUT2D eigenvalue weighted by molar-refractivity contribution is -0.114. The molecule has 0 aliphatic carbocycles. The lowest BCUT2D eigenvalue weighted by Crippen LogP contribution is -2.13. The van der Waals surface area contributed by atoms with Crippen LogP contribution in [0.3, 0.4) is 0 Å². The Hall–Kier alpha value is -1.84. The number of nitrogens with two attached hydrogens (primary N) is 1. The van der Waals surface area contributed by atoms with Gasteiger partial charge in [-0.15, -0.1) is 0 Å². The van der Waals surface area contributed by atoms with Crippen molar-refractivity contribution in [2.75, 3.05) is 5.32 Å². The van der Waals surface area contributed by atoms with Crippen molar-refractivity contribution < 1.29 is 9.59 Å².